The van der Waals surface area contributed by atoms with Crippen LogP contribution in [0.3, 0.4) is 0 Å². The number of carboxylic acid groups (broad SMARTS) is 1. The average molecular weight is 397 g/mol. The largest absolute Gasteiger partial charge is 0.481 e. The van der Waals surface area contributed by atoms with E-state index in [1.807, 2.05) is 0 Å². The summed E-state index contributed by atoms with van der Waals surface area (Å²) in [5.74, 6) is -2.27. The Morgan fingerprint density at radius 1 is 1.26 bits per heavy atom. The van der Waals surface area contributed by atoms with Crippen molar-refractivity contribution in [2.75, 3.05) is 32.0 Å². The van der Waals surface area contributed by atoms with E-state index in [9.17, 15) is 22.8 Å². The van der Waals surface area contributed by atoms with Gasteiger partial charge in [0.2, 0.25) is 21.8 Å². The van der Waals surface area contributed by atoms with Gasteiger partial charge in [-0.25, -0.2) is 8.42 Å². The first-order valence-electron chi connectivity index (χ1n) is 8.46. The Hall–Kier alpha value is -2.46. The average Bonchev–Trinajstić information content (AvgIpc) is 2.61. The Kier molecular flexibility index (Phi) is 6.55. The predicted octanol–water partition coefficient (Wildman–Crippen LogP) is 0.589. The number of hydrogen-bond acceptors (Lipinski definition) is 5. The Labute approximate surface area is 158 Å². The van der Waals surface area contributed by atoms with E-state index in [4.69, 9.17) is 5.11 Å². The maximum Gasteiger partial charge on any atom is 0.308 e. The van der Waals surface area contributed by atoms with E-state index >= 15 is 0 Å². The molecular formula is C17H23N3O6S. The molecule has 148 valence electrons. The monoisotopic (exact) mass is 397 g/mol. The highest BCUT2D eigenvalue weighted by atomic mass is 32.2. The number of anilines is 1. The minimum absolute atomic E-state index is 0.00559. The first-order valence-corrected chi connectivity index (χ1v) is 9.90. The second kappa shape index (κ2) is 8.49. The summed E-state index contributed by atoms with van der Waals surface area (Å²) in [6, 6.07) is 5.63. The highest BCUT2D eigenvalue weighted by molar-refractivity contribution is 7.89. The summed E-state index contributed by atoms with van der Waals surface area (Å²) in [5.41, 5.74) is 0.466. The molecule has 0 spiro atoms. The smallest absolute Gasteiger partial charge is 0.308 e. The highest BCUT2D eigenvalue weighted by Crippen LogP contribution is 2.20. The number of carbonyl (C=O) groups excluding carboxylic acids is 2. The fraction of sp³-hybridized carbons (Fsp3) is 0.471. The number of piperidine rings is 1. The van der Waals surface area contributed by atoms with Crippen LogP contribution >= 0.6 is 0 Å². The van der Waals surface area contributed by atoms with E-state index in [1.54, 1.807) is 0 Å². The topological polar surface area (TPSA) is 124 Å². The van der Waals surface area contributed by atoms with Crippen molar-refractivity contribution in [3.05, 3.63) is 24.3 Å². The van der Waals surface area contributed by atoms with Crippen molar-refractivity contribution in [3.63, 3.8) is 0 Å². The number of carbonyl (C=O) groups is 3. The van der Waals surface area contributed by atoms with Gasteiger partial charge in [-0.1, -0.05) is 0 Å². The zero-order valence-electron chi connectivity index (χ0n) is 15.2. The van der Waals surface area contributed by atoms with Gasteiger partial charge in [-0.15, -0.1) is 0 Å². The van der Waals surface area contributed by atoms with Gasteiger partial charge < -0.3 is 15.3 Å². The van der Waals surface area contributed by atoms with Gasteiger partial charge in [0, 0.05) is 32.7 Å². The number of benzene rings is 1. The van der Waals surface area contributed by atoms with Crippen LogP contribution in [0.15, 0.2) is 29.2 Å². The third kappa shape index (κ3) is 5.27. The molecule has 10 heteroatoms. The second-order valence-electron chi connectivity index (χ2n) is 6.48. The number of hydrogen-bond donors (Lipinski definition) is 2. The third-order valence-electron chi connectivity index (χ3n) is 4.36. The van der Waals surface area contributed by atoms with Crippen LogP contribution in [0.1, 0.15) is 19.8 Å². The Balaban J connectivity index is 2.04. The molecular weight excluding hydrogens is 374 g/mol. The summed E-state index contributed by atoms with van der Waals surface area (Å²) in [6.45, 7) is 1.48. The summed E-state index contributed by atoms with van der Waals surface area (Å²) < 4.78 is 26.2. The number of nitrogens with one attached hydrogen (secondary N) is 1. The highest BCUT2D eigenvalue weighted by Gasteiger charge is 2.30. The molecule has 1 unspecified atom stereocenters. The van der Waals surface area contributed by atoms with Gasteiger partial charge in [0.25, 0.3) is 0 Å². The summed E-state index contributed by atoms with van der Waals surface area (Å²) in [4.78, 5) is 35.9. The van der Waals surface area contributed by atoms with E-state index in [0.717, 1.165) is 4.31 Å². The molecule has 1 saturated heterocycles. The third-order valence-corrected chi connectivity index (χ3v) is 6.18. The maximum atomic E-state index is 12.6. The molecule has 1 atom stereocenters. The molecule has 0 saturated carbocycles. The van der Waals surface area contributed by atoms with Crippen LogP contribution in [0.5, 0.6) is 0 Å². The molecule has 0 bridgehead atoms. The van der Waals surface area contributed by atoms with Crippen molar-refractivity contribution in [1.82, 2.24) is 9.21 Å². The van der Waals surface area contributed by atoms with E-state index in [-0.39, 0.29) is 23.9 Å². The minimum atomic E-state index is -3.89. The van der Waals surface area contributed by atoms with Crippen LogP contribution in [-0.2, 0) is 24.4 Å². The lowest BCUT2D eigenvalue weighted by atomic mass is 9.98. The lowest BCUT2D eigenvalue weighted by Gasteiger charge is -2.31. The SMILES string of the molecule is CC(=O)Nc1ccc(S(=O)(=O)N(C)CC(=O)N2CCCC(C(=O)O)C2)cc1. The van der Waals surface area contributed by atoms with Gasteiger partial charge in [0.05, 0.1) is 17.4 Å². The first-order chi connectivity index (χ1) is 12.6. The molecule has 2 amide bonds. The normalized spacial score (nSPS) is 17.6. The molecule has 1 heterocycles. The number of carboxylic acids is 1. The molecule has 1 aliphatic heterocycles. The van der Waals surface area contributed by atoms with Crippen LogP contribution in [0.25, 0.3) is 0 Å². The molecule has 2 rings (SSSR count). The fourth-order valence-corrected chi connectivity index (χ4v) is 3.99. The number of amides is 2. The summed E-state index contributed by atoms with van der Waals surface area (Å²) >= 11 is 0. The number of likely N-dealkylation sites (N-methyl/N-ethyl adjacent to an activating group) is 1. The zero-order valence-corrected chi connectivity index (χ0v) is 16.0. The van der Waals surface area contributed by atoms with Crippen molar-refractivity contribution in [2.24, 2.45) is 5.92 Å². The minimum Gasteiger partial charge on any atom is -0.481 e. The summed E-state index contributed by atoms with van der Waals surface area (Å²) in [5, 5.41) is 11.6. The van der Waals surface area contributed by atoms with Gasteiger partial charge in [-0.3, -0.25) is 14.4 Å². The standard InChI is InChI=1S/C17H23N3O6S/c1-12(21)18-14-5-7-15(8-6-14)27(25,26)19(2)11-16(22)20-9-3-4-13(10-20)17(23)24/h5-8,13H,3-4,9-11H2,1-2H3,(H,18,21)(H,23,24). The molecule has 0 radical (unpaired) electrons. The van der Waals surface area contributed by atoms with Crippen LogP contribution in [0.4, 0.5) is 5.69 Å². The fourth-order valence-electron chi connectivity index (χ4n) is 2.87. The van der Waals surface area contributed by atoms with E-state index < -0.39 is 27.8 Å². The first kappa shape index (κ1) is 20.8. The molecule has 1 aromatic carbocycles. The van der Waals surface area contributed by atoms with Gasteiger partial charge >= 0.3 is 5.97 Å². The molecule has 9 nitrogen and oxygen atoms in total. The van der Waals surface area contributed by atoms with E-state index in [2.05, 4.69) is 5.32 Å². The quantitative estimate of drug-likeness (QED) is 0.724. The Morgan fingerprint density at radius 2 is 1.89 bits per heavy atom. The lowest BCUT2D eigenvalue weighted by molar-refractivity contribution is -0.145. The van der Waals surface area contributed by atoms with Crippen molar-refractivity contribution in [1.29, 1.82) is 0 Å². The molecule has 0 aliphatic carbocycles. The van der Waals surface area contributed by atoms with Crippen LogP contribution in [0, 0.1) is 5.92 Å². The van der Waals surface area contributed by atoms with Gasteiger partial charge in [-0.05, 0) is 37.1 Å². The molecule has 2 N–H and O–H groups in total. The van der Waals surface area contributed by atoms with Crippen LogP contribution in [0.2, 0.25) is 0 Å². The zero-order chi connectivity index (χ0) is 20.2. The number of aliphatic carboxylic acids is 1. The Bertz CT molecular complexity index is 822. The van der Waals surface area contributed by atoms with Gasteiger partial charge in [0.1, 0.15) is 0 Å². The van der Waals surface area contributed by atoms with Crippen molar-refractivity contribution >= 4 is 33.5 Å². The van der Waals surface area contributed by atoms with Crippen molar-refractivity contribution in [3.8, 4) is 0 Å². The molecule has 1 aromatic rings. The second-order valence-corrected chi connectivity index (χ2v) is 8.53. The van der Waals surface area contributed by atoms with Crippen molar-refractivity contribution < 1.29 is 27.9 Å². The maximum absolute atomic E-state index is 12.6. The van der Waals surface area contributed by atoms with E-state index in [1.165, 1.54) is 43.1 Å². The van der Waals surface area contributed by atoms with Crippen LogP contribution < -0.4 is 5.32 Å². The molecule has 0 aromatic heterocycles. The van der Waals surface area contributed by atoms with Crippen LogP contribution in [-0.4, -0.2) is 67.2 Å². The summed E-state index contributed by atoms with van der Waals surface area (Å²) in [7, 11) is -2.59. The number of likely N-dealkylation sites (tertiary alicyclic amines) is 1. The summed E-state index contributed by atoms with van der Waals surface area (Å²) in [6.07, 6.45) is 1.08. The van der Waals surface area contributed by atoms with Gasteiger partial charge in [0.15, 0.2) is 0 Å². The van der Waals surface area contributed by atoms with Gasteiger partial charge in [-0.2, -0.15) is 4.31 Å². The number of rotatable bonds is 6. The molecule has 1 fully saturated rings. The molecule has 1 aliphatic rings. The molecule has 27 heavy (non-hydrogen) atoms. The van der Waals surface area contributed by atoms with Crippen molar-refractivity contribution in [2.45, 2.75) is 24.7 Å². The number of sulfonamides is 1. The Morgan fingerprint density at radius 3 is 2.44 bits per heavy atom. The predicted molar refractivity (Wildman–Crippen MR) is 97.5 cm³/mol. The lowest BCUT2D eigenvalue weighted by Crippen LogP contribution is -2.46. The number of nitrogens with zero attached hydrogens (tertiary/aromatic N) is 2. The van der Waals surface area contributed by atoms with E-state index in [0.29, 0.717) is 25.1 Å².